The van der Waals surface area contributed by atoms with Crippen LogP contribution in [0.3, 0.4) is 0 Å². The highest BCUT2D eigenvalue weighted by molar-refractivity contribution is 6.02. The maximum atomic E-state index is 12.4. The lowest BCUT2D eigenvalue weighted by molar-refractivity contribution is -0.134. The fourth-order valence-electron chi connectivity index (χ4n) is 5.93. The van der Waals surface area contributed by atoms with E-state index >= 15 is 0 Å². The maximum Gasteiger partial charge on any atom is 0.409 e. The number of likely N-dealkylation sites (tertiary alicyclic amines) is 1. The van der Waals surface area contributed by atoms with Crippen molar-refractivity contribution in [3.8, 4) is 0 Å². The van der Waals surface area contributed by atoms with Gasteiger partial charge in [-0.2, -0.15) is 5.10 Å². The summed E-state index contributed by atoms with van der Waals surface area (Å²) in [5.74, 6) is -0.872. The Kier molecular flexibility index (Phi) is 7.37. The number of hydrogen-bond donors (Lipinski definition) is 1. The Morgan fingerprint density at radius 2 is 1.86 bits per heavy atom. The van der Waals surface area contributed by atoms with Crippen LogP contribution in [-0.4, -0.2) is 77.1 Å². The van der Waals surface area contributed by atoms with Crippen LogP contribution in [0.2, 0.25) is 0 Å². The largest absolute Gasteiger partial charge is 0.450 e. The van der Waals surface area contributed by atoms with E-state index in [1.165, 1.54) is 0 Å². The molecule has 3 atom stereocenters. The third kappa shape index (κ3) is 5.30. The molecular weight excluding hydrogens is 474 g/mol. The van der Waals surface area contributed by atoms with Gasteiger partial charge in [0.05, 0.1) is 35.9 Å². The third-order valence-corrected chi connectivity index (χ3v) is 7.96. The van der Waals surface area contributed by atoms with Gasteiger partial charge >= 0.3 is 6.09 Å². The topological polar surface area (TPSA) is 106 Å². The van der Waals surface area contributed by atoms with Crippen LogP contribution in [0.4, 0.5) is 10.5 Å². The van der Waals surface area contributed by atoms with Crippen LogP contribution in [0, 0.1) is 0 Å². The number of aryl methyl sites for hydroxylation is 1. The van der Waals surface area contributed by atoms with Gasteiger partial charge in [-0.05, 0) is 64.2 Å². The Bertz CT molecular complexity index is 1170. The Hall–Kier alpha value is -3.14. The van der Waals surface area contributed by atoms with Crippen LogP contribution >= 0.6 is 0 Å². The SMILES string of the molecule is CCOC(=O)N1CC[C@@H](OC2CCN(c3ccc4c(C5CCC(=O)NC5=O)nn(C)c4c3)CC2)C[C@@H]1C. The first-order valence-electron chi connectivity index (χ1n) is 13.5. The molecule has 3 saturated heterocycles. The molecule has 1 N–H and O–H groups in total. The highest BCUT2D eigenvalue weighted by Gasteiger charge is 2.33. The number of nitrogens with zero attached hydrogens (tertiary/aromatic N) is 4. The fourth-order valence-corrected chi connectivity index (χ4v) is 5.93. The summed E-state index contributed by atoms with van der Waals surface area (Å²) in [4.78, 5) is 40.3. The van der Waals surface area contributed by atoms with E-state index in [1.807, 2.05) is 23.6 Å². The van der Waals surface area contributed by atoms with E-state index in [9.17, 15) is 14.4 Å². The van der Waals surface area contributed by atoms with E-state index in [0.29, 0.717) is 26.0 Å². The Morgan fingerprint density at radius 1 is 1.11 bits per heavy atom. The second-order valence-corrected chi connectivity index (χ2v) is 10.4. The first-order valence-corrected chi connectivity index (χ1v) is 13.5. The number of ether oxygens (including phenoxy) is 2. The number of benzene rings is 1. The van der Waals surface area contributed by atoms with Gasteiger partial charge in [0, 0.05) is 50.2 Å². The highest BCUT2D eigenvalue weighted by Crippen LogP contribution is 2.33. The van der Waals surface area contributed by atoms with Gasteiger partial charge in [-0.3, -0.25) is 19.6 Å². The van der Waals surface area contributed by atoms with Crippen molar-refractivity contribution in [1.29, 1.82) is 0 Å². The Labute approximate surface area is 217 Å². The van der Waals surface area contributed by atoms with Gasteiger partial charge in [-0.15, -0.1) is 0 Å². The second-order valence-electron chi connectivity index (χ2n) is 10.4. The number of anilines is 1. The maximum absolute atomic E-state index is 12.4. The number of carbonyl (C=O) groups is 3. The molecular formula is C27H37N5O5. The molecule has 5 rings (SSSR count). The number of imide groups is 1. The van der Waals surface area contributed by atoms with E-state index < -0.39 is 5.92 Å². The molecule has 1 unspecified atom stereocenters. The molecule has 37 heavy (non-hydrogen) atoms. The summed E-state index contributed by atoms with van der Waals surface area (Å²) in [6.45, 7) is 6.79. The summed E-state index contributed by atoms with van der Waals surface area (Å²) in [5.41, 5.74) is 2.86. The molecule has 10 heteroatoms. The van der Waals surface area contributed by atoms with Gasteiger partial charge in [0.15, 0.2) is 0 Å². The molecule has 0 bridgehead atoms. The predicted octanol–water partition coefficient (Wildman–Crippen LogP) is 3.09. The predicted molar refractivity (Wildman–Crippen MR) is 138 cm³/mol. The molecule has 200 valence electrons. The molecule has 3 aliphatic heterocycles. The zero-order valence-corrected chi connectivity index (χ0v) is 21.9. The number of amides is 3. The highest BCUT2D eigenvalue weighted by atomic mass is 16.6. The van der Waals surface area contributed by atoms with Crippen molar-refractivity contribution < 1.29 is 23.9 Å². The third-order valence-electron chi connectivity index (χ3n) is 7.96. The number of piperidine rings is 3. The summed E-state index contributed by atoms with van der Waals surface area (Å²) in [5, 5.41) is 8.06. The van der Waals surface area contributed by atoms with Gasteiger partial charge < -0.3 is 19.3 Å². The molecule has 3 fully saturated rings. The van der Waals surface area contributed by atoms with Crippen molar-refractivity contribution in [3.63, 3.8) is 0 Å². The molecule has 4 heterocycles. The molecule has 1 aromatic heterocycles. The Balaban J connectivity index is 1.18. The van der Waals surface area contributed by atoms with Gasteiger partial charge in [0.25, 0.3) is 0 Å². The summed E-state index contributed by atoms with van der Waals surface area (Å²) in [6, 6.07) is 6.42. The normalized spacial score (nSPS) is 25.4. The van der Waals surface area contributed by atoms with Gasteiger partial charge in [-0.1, -0.05) is 0 Å². The second kappa shape index (κ2) is 10.7. The average Bonchev–Trinajstić information content (AvgIpc) is 3.20. The molecule has 0 aliphatic carbocycles. The Morgan fingerprint density at radius 3 is 2.57 bits per heavy atom. The summed E-state index contributed by atoms with van der Waals surface area (Å²) >= 11 is 0. The molecule has 0 spiro atoms. The number of hydrogen-bond acceptors (Lipinski definition) is 7. The van der Waals surface area contributed by atoms with Gasteiger partial charge in [0.2, 0.25) is 11.8 Å². The molecule has 1 aromatic carbocycles. The zero-order valence-electron chi connectivity index (χ0n) is 21.9. The zero-order chi connectivity index (χ0) is 26.1. The average molecular weight is 512 g/mol. The van der Waals surface area contributed by atoms with Crippen molar-refractivity contribution in [2.45, 2.75) is 76.5 Å². The minimum Gasteiger partial charge on any atom is -0.450 e. The fraction of sp³-hybridized carbons (Fsp3) is 0.630. The van der Waals surface area contributed by atoms with E-state index in [2.05, 4.69) is 40.4 Å². The number of fused-ring (bicyclic) bond motifs is 1. The molecule has 2 aromatic rings. The first-order chi connectivity index (χ1) is 17.8. The monoisotopic (exact) mass is 511 g/mol. The van der Waals surface area contributed by atoms with Crippen LogP contribution in [-0.2, 0) is 26.1 Å². The number of nitrogens with one attached hydrogen (secondary N) is 1. The van der Waals surface area contributed by atoms with Crippen LogP contribution in [0.15, 0.2) is 18.2 Å². The molecule has 0 saturated carbocycles. The van der Waals surface area contributed by atoms with Crippen LogP contribution in [0.1, 0.15) is 64.0 Å². The van der Waals surface area contributed by atoms with Crippen molar-refractivity contribution >= 4 is 34.5 Å². The molecule has 10 nitrogen and oxygen atoms in total. The van der Waals surface area contributed by atoms with Crippen molar-refractivity contribution in [1.82, 2.24) is 20.0 Å². The van der Waals surface area contributed by atoms with Crippen LogP contribution in [0.5, 0.6) is 0 Å². The first kappa shape index (κ1) is 25.5. The summed E-state index contributed by atoms with van der Waals surface area (Å²) in [6.07, 6.45) is 4.60. The van der Waals surface area contributed by atoms with E-state index in [1.54, 1.807) is 0 Å². The van der Waals surface area contributed by atoms with E-state index in [4.69, 9.17) is 9.47 Å². The van der Waals surface area contributed by atoms with Crippen molar-refractivity contribution in [3.05, 3.63) is 23.9 Å². The van der Waals surface area contributed by atoms with E-state index in [0.717, 1.165) is 61.1 Å². The standard InChI is InChI=1S/C27H37N5O5/c1-4-36-27(35)32-14-11-20(15-17(32)2)37-19-9-12-31(13-10-19)18-5-6-21-23(16-18)30(3)29-25(21)22-7-8-24(33)28-26(22)34/h5-6,16-17,19-20,22H,4,7-15H2,1-3H3,(H,28,33,34)/t17-,20+,22?/m0/s1. The number of aromatic nitrogens is 2. The van der Waals surface area contributed by atoms with Crippen molar-refractivity contribution in [2.24, 2.45) is 7.05 Å². The van der Waals surface area contributed by atoms with Crippen LogP contribution < -0.4 is 10.2 Å². The molecule has 3 amide bonds. The van der Waals surface area contributed by atoms with E-state index in [-0.39, 0.29) is 36.2 Å². The number of carbonyl (C=O) groups excluding carboxylic acids is 3. The summed E-state index contributed by atoms with van der Waals surface area (Å²) in [7, 11) is 1.90. The molecule has 0 radical (unpaired) electrons. The van der Waals surface area contributed by atoms with Gasteiger partial charge in [-0.25, -0.2) is 4.79 Å². The lowest BCUT2D eigenvalue weighted by Gasteiger charge is -2.40. The van der Waals surface area contributed by atoms with Gasteiger partial charge in [0.1, 0.15) is 0 Å². The number of rotatable bonds is 5. The lowest BCUT2D eigenvalue weighted by atomic mass is 9.92. The van der Waals surface area contributed by atoms with Crippen LogP contribution in [0.25, 0.3) is 10.9 Å². The molecule has 3 aliphatic rings. The lowest BCUT2D eigenvalue weighted by Crippen LogP contribution is -2.48. The summed E-state index contributed by atoms with van der Waals surface area (Å²) < 4.78 is 13.5. The quantitative estimate of drug-likeness (QED) is 0.615. The van der Waals surface area contributed by atoms with Crippen molar-refractivity contribution in [2.75, 3.05) is 31.1 Å². The minimum atomic E-state index is -0.396. The minimum absolute atomic E-state index is 0.119. The smallest absolute Gasteiger partial charge is 0.409 e.